The van der Waals surface area contributed by atoms with Crippen LogP contribution in [0, 0.1) is 0 Å². The predicted molar refractivity (Wildman–Crippen MR) is 73.3 cm³/mol. The molecule has 0 unspecified atom stereocenters. The molecule has 1 aromatic carbocycles. The molecule has 19 heavy (non-hydrogen) atoms. The Hall–Kier alpha value is -1.94. The molecule has 0 aromatic heterocycles. The number of rotatable bonds is 5. The Labute approximate surface area is 112 Å². The minimum Gasteiger partial charge on any atom is -0.310 e. The highest BCUT2D eigenvalue weighted by Gasteiger charge is 2.35. The van der Waals surface area contributed by atoms with Gasteiger partial charge in [0.25, 0.3) is 11.7 Å². The van der Waals surface area contributed by atoms with E-state index in [-0.39, 0.29) is 0 Å². The lowest BCUT2D eigenvalue weighted by Gasteiger charge is -2.18. The van der Waals surface area contributed by atoms with Crippen molar-refractivity contribution in [2.75, 3.05) is 18.0 Å². The van der Waals surface area contributed by atoms with Gasteiger partial charge in [-0.15, -0.1) is 0 Å². The van der Waals surface area contributed by atoms with E-state index in [1.165, 1.54) is 17.7 Å². The van der Waals surface area contributed by atoms with E-state index < -0.39 is 11.7 Å². The SMILES string of the molecule is C=C(CNC1CC1)CN1C(=O)C(=O)c2ccccc21. The fourth-order valence-corrected chi connectivity index (χ4v) is 2.26. The number of para-hydroxylation sites is 1. The number of hydrogen-bond acceptors (Lipinski definition) is 3. The molecule has 3 rings (SSSR count). The third kappa shape index (κ3) is 2.31. The van der Waals surface area contributed by atoms with Crippen molar-refractivity contribution >= 4 is 17.4 Å². The van der Waals surface area contributed by atoms with E-state index in [2.05, 4.69) is 11.9 Å². The van der Waals surface area contributed by atoms with E-state index in [0.29, 0.717) is 30.4 Å². The summed E-state index contributed by atoms with van der Waals surface area (Å²) in [4.78, 5) is 25.3. The summed E-state index contributed by atoms with van der Waals surface area (Å²) < 4.78 is 0. The molecule has 1 aromatic rings. The van der Waals surface area contributed by atoms with Crippen LogP contribution >= 0.6 is 0 Å². The molecule has 1 saturated carbocycles. The number of anilines is 1. The van der Waals surface area contributed by atoms with Gasteiger partial charge < -0.3 is 10.2 Å². The molecule has 1 heterocycles. The monoisotopic (exact) mass is 256 g/mol. The molecule has 98 valence electrons. The van der Waals surface area contributed by atoms with E-state index in [1.807, 2.05) is 6.07 Å². The zero-order chi connectivity index (χ0) is 13.4. The average molecular weight is 256 g/mol. The number of fused-ring (bicyclic) bond motifs is 1. The molecule has 0 spiro atoms. The van der Waals surface area contributed by atoms with Crippen LogP contribution < -0.4 is 10.2 Å². The molecule has 1 aliphatic carbocycles. The van der Waals surface area contributed by atoms with Crippen LogP contribution in [0.1, 0.15) is 23.2 Å². The Balaban J connectivity index is 1.71. The third-order valence-corrected chi connectivity index (χ3v) is 3.48. The van der Waals surface area contributed by atoms with Gasteiger partial charge in [0.1, 0.15) is 0 Å². The number of benzene rings is 1. The van der Waals surface area contributed by atoms with Crippen LogP contribution in [0.4, 0.5) is 5.69 Å². The molecule has 1 aliphatic heterocycles. The second-order valence-corrected chi connectivity index (χ2v) is 5.14. The molecule has 1 amide bonds. The van der Waals surface area contributed by atoms with Crippen molar-refractivity contribution in [2.24, 2.45) is 0 Å². The van der Waals surface area contributed by atoms with E-state index in [4.69, 9.17) is 0 Å². The van der Waals surface area contributed by atoms with Gasteiger partial charge in [0.2, 0.25) is 0 Å². The summed E-state index contributed by atoms with van der Waals surface area (Å²) >= 11 is 0. The van der Waals surface area contributed by atoms with E-state index >= 15 is 0 Å². The Bertz CT molecular complexity index is 561. The first-order valence-electron chi connectivity index (χ1n) is 6.52. The summed E-state index contributed by atoms with van der Waals surface area (Å²) in [6.07, 6.45) is 2.44. The highest BCUT2D eigenvalue weighted by molar-refractivity contribution is 6.52. The second kappa shape index (κ2) is 4.63. The lowest BCUT2D eigenvalue weighted by molar-refractivity contribution is -0.114. The maximum Gasteiger partial charge on any atom is 0.299 e. The van der Waals surface area contributed by atoms with Gasteiger partial charge >= 0.3 is 0 Å². The van der Waals surface area contributed by atoms with E-state index in [0.717, 1.165) is 5.57 Å². The minimum absolute atomic E-state index is 0.404. The Morgan fingerprint density at radius 2 is 2.05 bits per heavy atom. The molecule has 1 fully saturated rings. The van der Waals surface area contributed by atoms with Crippen LogP contribution in [0.15, 0.2) is 36.4 Å². The first kappa shape index (κ1) is 12.1. The van der Waals surface area contributed by atoms with Crippen molar-refractivity contribution in [1.29, 1.82) is 0 Å². The number of hydrogen-bond donors (Lipinski definition) is 1. The van der Waals surface area contributed by atoms with Crippen molar-refractivity contribution in [3.63, 3.8) is 0 Å². The normalized spacial score (nSPS) is 17.8. The number of ketones is 1. The minimum atomic E-state index is -0.450. The van der Waals surface area contributed by atoms with Crippen molar-refractivity contribution in [2.45, 2.75) is 18.9 Å². The number of Topliss-reactive ketones (excluding diaryl/α,β-unsaturated/α-hetero) is 1. The fraction of sp³-hybridized carbons (Fsp3) is 0.333. The number of carbonyl (C=O) groups is 2. The zero-order valence-corrected chi connectivity index (χ0v) is 10.7. The molecule has 4 heteroatoms. The number of nitrogens with one attached hydrogen (secondary N) is 1. The maximum absolute atomic E-state index is 12.0. The summed E-state index contributed by atoms with van der Waals surface area (Å²) in [6, 6.07) is 7.72. The Morgan fingerprint density at radius 1 is 1.32 bits per heavy atom. The molecule has 1 N–H and O–H groups in total. The Morgan fingerprint density at radius 3 is 2.79 bits per heavy atom. The molecule has 4 nitrogen and oxygen atoms in total. The smallest absolute Gasteiger partial charge is 0.299 e. The maximum atomic E-state index is 12.0. The summed E-state index contributed by atoms with van der Waals surface area (Å²) in [5.41, 5.74) is 2.12. The van der Waals surface area contributed by atoms with Gasteiger partial charge in [-0.25, -0.2) is 0 Å². The average Bonchev–Trinajstić information content (AvgIpc) is 3.22. The third-order valence-electron chi connectivity index (χ3n) is 3.48. The van der Waals surface area contributed by atoms with Crippen LogP contribution in [-0.2, 0) is 4.79 Å². The topological polar surface area (TPSA) is 49.4 Å². The van der Waals surface area contributed by atoms with Crippen molar-refractivity contribution in [3.8, 4) is 0 Å². The highest BCUT2D eigenvalue weighted by Crippen LogP contribution is 2.28. The van der Waals surface area contributed by atoms with Crippen LogP contribution in [-0.4, -0.2) is 30.8 Å². The zero-order valence-electron chi connectivity index (χ0n) is 10.7. The highest BCUT2D eigenvalue weighted by atomic mass is 16.2. The van der Waals surface area contributed by atoms with E-state index in [9.17, 15) is 9.59 Å². The van der Waals surface area contributed by atoms with E-state index in [1.54, 1.807) is 18.2 Å². The first-order valence-corrected chi connectivity index (χ1v) is 6.52. The molecule has 0 atom stereocenters. The molecule has 0 radical (unpaired) electrons. The van der Waals surface area contributed by atoms with Gasteiger partial charge in [-0.1, -0.05) is 18.7 Å². The molecule has 0 saturated heterocycles. The lowest BCUT2D eigenvalue weighted by Crippen LogP contribution is -2.33. The summed E-state index contributed by atoms with van der Waals surface area (Å²) in [7, 11) is 0. The van der Waals surface area contributed by atoms with Crippen molar-refractivity contribution in [1.82, 2.24) is 5.32 Å². The largest absolute Gasteiger partial charge is 0.310 e. The van der Waals surface area contributed by atoms with Crippen molar-refractivity contribution in [3.05, 3.63) is 42.0 Å². The van der Waals surface area contributed by atoms with Gasteiger partial charge in [-0.3, -0.25) is 9.59 Å². The van der Waals surface area contributed by atoms with Crippen LogP contribution in [0.25, 0.3) is 0 Å². The number of nitrogens with zero attached hydrogens (tertiary/aromatic N) is 1. The van der Waals surface area contributed by atoms with Crippen LogP contribution in [0.3, 0.4) is 0 Å². The van der Waals surface area contributed by atoms with Gasteiger partial charge in [0, 0.05) is 19.1 Å². The summed E-state index contributed by atoms with van der Waals surface area (Å²) in [5, 5.41) is 3.36. The molecule has 2 aliphatic rings. The van der Waals surface area contributed by atoms with Crippen LogP contribution in [0.5, 0.6) is 0 Å². The van der Waals surface area contributed by atoms with Gasteiger partial charge in [-0.05, 0) is 30.5 Å². The second-order valence-electron chi connectivity index (χ2n) is 5.14. The number of amides is 1. The van der Waals surface area contributed by atoms with Gasteiger partial charge in [0.05, 0.1) is 11.3 Å². The Kier molecular flexibility index (Phi) is 2.95. The lowest BCUT2D eigenvalue weighted by atomic mass is 10.1. The van der Waals surface area contributed by atoms with Gasteiger partial charge in [-0.2, -0.15) is 0 Å². The summed E-state index contributed by atoms with van der Waals surface area (Å²) in [6.45, 7) is 5.09. The van der Waals surface area contributed by atoms with Gasteiger partial charge in [0.15, 0.2) is 0 Å². The molecule has 0 bridgehead atoms. The predicted octanol–water partition coefficient (Wildman–Crippen LogP) is 1.52. The number of carbonyl (C=O) groups excluding carboxylic acids is 2. The van der Waals surface area contributed by atoms with Crippen molar-refractivity contribution < 1.29 is 9.59 Å². The molecular formula is C15H16N2O2. The standard InChI is InChI=1S/C15H16N2O2/c1-10(8-16-11-6-7-11)9-17-13-5-3-2-4-12(13)14(18)15(17)19/h2-5,11,16H,1,6-9H2. The first-order chi connectivity index (χ1) is 9.16. The quantitative estimate of drug-likeness (QED) is 0.642. The molecular weight excluding hydrogens is 240 g/mol. The van der Waals surface area contributed by atoms with Crippen LogP contribution in [0.2, 0.25) is 0 Å². The fourth-order valence-electron chi connectivity index (χ4n) is 2.26. The summed E-state index contributed by atoms with van der Waals surface area (Å²) in [5.74, 6) is -0.868.